The standard InChI is InChI=1S/C14H17ClO3/c1-16-12-3-2-10-4-5-14(7-11(10)6-12)17-9-13(8-15)18-14/h2-3,6,13H,4-5,7-9H2,1H3. The van der Waals surface area contributed by atoms with E-state index in [9.17, 15) is 0 Å². The van der Waals surface area contributed by atoms with E-state index in [0.717, 1.165) is 25.0 Å². The van der Waals surface area contributed by atoms with Gasteiger partial charge in [0.1, 0.15) is 5.75 Å². The second-order valence-corrected chi connectivity index (χ2v) is 5.24. The molecule has 2 atom stereocenters. The zero-order valence-electron chi connectivity index (χ0n) is 10.4. The van der Waals surface area contributed by atoms with E-state index in [4.69, 9.17) is 25.8 Å². The minimum Gasteiger partial charge on any atom is -0.497 e. The molecule has 0 saturated carbocycles. The van der Waals surface area contributed by atoms with Gasteiger partial charge < -0.3 is 14.2 Å². The van der Waals surface area contributed by atoms with Gasteiger partial charge in [0.25, 0.3) is 0 Å². The van der Waals surface area contributed by atoms with Crippen molar-refractivity contribution in [2.24, 2.45) is 0 Å². The molecule has 1 spiro atoms. The fourth-order valence-corrected chi connectivity index (χ4v) is 2.91. The van der Waals surface area contributed by atoms with Gasteiger partial charge >= 0.3 is 0 Å². The van der Waals surface area contributed by atoms with Crippen LogP contribution in [0.4, 0.5) is 0 Å². The molecule has 3 rings (SSSR count). The summed E-state index contributed by atoms with van der Waals surface area (Å²) >= 11 is 5.83. The molecule has 0 bridgehead atoms. The number of benzene rings is 1. The molecule has 0 aromatic heterocycles. The van der Waals surface area contributed by atoms with Crippen molar-refractivity contribution >= 4 is 11.6 Å². The Hall–Kier alpha value is -0.770. The normalized spacial score (nSPS) is 30.4. The van der Waals surface area contributed by atoms with Gasteiger partial charge in [0, 0.05) is 12.8 Å². The highest BCUT2D eigenvalue weighted by molar-refractivity contribution is 6.18. The second-order valence-electron chi connectivity index (χ2n) is 4.93. The van der Waals surface area contributed by atoms with Gasteiger partial charge in [-0.3, -0.25) is 0 Å². The largest absolute Gasteiger partial charge is 0.497 e. The van der Waals surface area contributed by atoms with Crippen LogP contribution >= 0.6 is 11.6 Å². The van der Waals surface area contributed by atoms with Crippen LogP contribution in [0.1, 0.15) is 17.5 Å². The molecule has 0 amide bonds. The first-order valence-electron chi connectivity index (χ1n) is 6.28. The third kappa shape index (κ3) is 2.11. The van der Waals surface area contributed by atoms with Crippen LogP contribution in [0.5, 0.6) is 5.75 Å². The predicted molar refractivity (Wildman–Crippen MR) is 69.3 cm³/mol. The van der Waals surface area contributed by atoms with E-state index in [1.54, 1.807) is 7.11 Å². The molecular weight excluding hydrogens is 252 g/mol. The Balaban J connectivity index is 1.84. The first-order valence-corrected chi connectivity index (χ1v) is 6.82. The van der Waals surface area contributed by atoms with Crippen LogP contribution in [0, 0.1) is 0 Å². The molecule has 0 N–H and O–H groups in total. The van der Waals surface area contributed by atoms with Crippen molar-refractivity contribution in [2.75, 3.05) is 19.6 Å². The van der Waals surface area contributed by atoms with Crippen LogP contribution in [0.2, 0.25) is 0 Å². The SMILES string of the molecule is COc1ccc2c(c1)CC1(CC2)OCC(CCl)O1. The molecule has 1 aliphatic carbocycles. The summed E-state index contributed by atoms with van der Waals surface area (Å²) in [6.45, 7) is 0.600. The molecule has 98 valence electrons. The summed E-state index contributed by atoms with van der Waals surface area (Å²) in [5.74, 6) is 0.920. The molecule has 1 aromatic rings. The highest BCUT2D eigenvalue weighted by atomic mass is 35.5. The number of alkyl halides is 1. The summed E-state index contributed by atoms with van der Waals surface area (Å²) in [6.07, 6.45) is 2.69. The van der Waals surface area contributed by atoms with Crippen LogP contribution in [0.3, 0.4) is 0 Å². The van der Waals surface area contributed by atoms with Gasteiger partial charge in [-0.25, -0.2) is 0 Å². The Morgan fingerprint density at radius 1 is 1.44 bits per heavy atom. The van der Waals surface area contributed by atoms with Crippen LogP contribution in [-0.4, -0.2) is 31.5 Å². The number of hydrogen-bond donors (Lipinski definition) is 0. The summed E-state index contributed by atoms with van der Waals surface area (Å²) in [5, 5.41) is 0. The van der Waals surface area contributed by atoms with Crippen molar-refractivity contribution in [1.29, 1.82) is 0 Å². The Kier molecular flexibility index (Phi) is 3.22. The first-order chi connectivity index (χ1) is 8.74. The number of aryl methyl sites for hydroxylation is 1. The van der Waals surface area contributed by atoms with Crippen molar-refractivity contribution < 1.29 is 14.2 Å². The van der Waals surface area contributed by atoms with Gasteiger partial charge in [0.05, 0.1) is 25.7 Å². The highest BCUT2D eigenvalue weighted by Crippen LogP contribution is 2.38. The van der Waals surface area contributed by atoms with Gasteiger partial charge in [-0.1, -0.05) is 6.07 Å². The third-order valence-corrected chi connectivity index (χ3v) is 4.08. The fraction of sp³-hybridized carbons (Fsp3) is 0.571. The number of hydrogen-bond acceptors (Lipinski definition) is 3. The van der Waals surface area contributed by atoms with Crippen LogP contribution in [0.25, 0.3) is 0 Å². The Morgan fingerprint density at radius 2 is 2.33 bits per heavy atom. The van der Waals surface area contributed by atoms with E-state index in [-0.39, 0.29) is 6.10 Å². The lowest BCUT2D eigenvalue weighted by molar-refractivity contribution is -0.172. The van der Waals surface area contributed by atoms with Gasteiger partial charge in [-0.2, -0.15) is 0 Å². The second kappa shape index (κ2) is 4.72. The van der Waals surface area contributed by atoms with Crippen LogP contribution in [-0.2, 0) is 22.3 Å². The molecule has 2 unspecified atom stereocenters. The Bertz CT molecular complexity index is 449. The maximum Gasteiger partial charge on any atom is 0.173 e. The molecule has 1 aliphatic heterocycles. The fourth-order valence-electron chi connectivity index (χ4n) is 2.76. The maximum absolute atomic E-state index is 5.97. The number of methoxy groups -OCH3 is 1. The summed E-state index contributed by atoms with van der Waals surface area (Å²) in [6, 6.07) is 6.22. The predicted octanol–water partition coefficient (Wildman–Crippen LogP) is 2.53. The zero-order valence-corrected chi connectivity index (χ0v) is 11.2. The smallest absolute Gasteiger partial charge is 0.173 e. The average Bonchev–Trinajstić information content (AvgIpc) is 2.81. The lowest BCUT2D eigenvalue weighted by Gasteiger charge is -2.33. The van der Waals surface area contributed by atoms with E-state index >= 15 is 0 Å². The monoisotopic (exact) mass is 268 g/mol. The molecule has 2 aliphatic rings. The zero-order chi connectivity index (χ0) is 12.6. The molecule has 18 heavy (non-hydrogen) atoms. The number of fused-ring (bicyclic) bond motifs is 1. The minimum atomic E-state index is -0.459. The van der Waals surface area contributed by atoms with Crippen LogP contribution in [0.15, 0.2) is 18.2 Å². The van der Waals surface area contributed by atoms with Crippen LogP contribution < -0.4 is 4.74 Å². The Morgan fingerprint density at radius 3 is 3.06 bits per heavy atom. The highest BCUT2D eigenvalue weighted by Gasteiger charge is 2.43. The van der Waals surface area contributed by atoms with E-state index in [1.807, 2.05) is 6.07 Å². The molecule has 4 heteroatoms. The molecule has 1 aromatic carbocycles. The maximum atomic E-state index is 5.97. The van der Waals surface area contributed by atoms with Gasteiger partial charge in [-0.05, 0) is 29.7 Å². The quantitative estimate of drug-likeness (QED) is 0.772. The van der Waals surface area contributed by atoms with Gasteiger partial charge in [-0.15, -0.1) is 11.6 Å². The van der Waals surface area contributed by atoms with Crippen molar-refractivity contribution in [2.45, 2.75) is 31.2 Å². The van der Waals surface area contributed by atoms with Gasteiger partial charge in [0.2, 0.25) is 0 Å². The number of ether oxygens (including phenoxy) is 3. The number of rotatable bonds is 2. The molecule has 1 heterocycles. The first kappa shape index (κ1) is 12.3. The molecule has 0 radical (unpaired) electrons. The molecular formula is C14H17ClO3. The average molecular weight is 269 g/mol. The topological polar surface area (TPSA) is 27.7 Å². The van der Waals surface area contributed by atoms with Crippen molar-refractivity contribution in [3.05, 3.63) is 29.3 Å². The van der Waals surface area contributed by atoms with E-state index in [0.29, 0.717) is 12.5 Å². The van der Waals surface area contributed by atoms with Crippen molar-refractivity contribution in [3.63, 3.8) is 0 Å². The summed E-state index contributed by atoms with van der Waals surface area (Å²) in [4.78, 5) is 0. The Labute approximate surface area is 112 Å². The van der Waals surface area contributed by atoms with E-state index < -0.39 is 5.79 Å². The molecule has 3 nitrogen and oxygen atoms in total. The summed E-state index contributed by atoms with van der Waals surface area (Å²) in [5.41, 5.74) is 2.62. The van der Waals surface area contributed by atoms with Crippen molar-refractivity contribution in [1.82, 2.24) is 0 Å². The van der Waals surface area contributed by atoms with Crippen molar-refractivity contribution in [3.8, 4) is 5.75 Å². The lowest BCUT2D eigenvalue weighted by Crippen LogP contribution is -2.37. The van der Waals surface area contributed by atoms with E-state index in [2.05, 4.69) is 12.1 Å². The molecule has 1 saturated heterocycles. The minimum absolute atomic E-state index is 0.0267. The summed E-state index contributed by atoms with van der Waals surface area (Å²) in [7, 11) is 1.69. The van der Waals surface area contributed by atoms with Gasteiger partial charge in [0.15, 0.2) is 5.79 Å². The third-order valence-electron chi connectivity index (χ3n) is 3.73. The summed E-state index contributed by atoms with van der Waals surface area (Å²) < 4.78 is 17.1. The van der Waals surface area contributed by atoms with E-state index in [1.165, 1.54) is 11.1 Å². The lowest BCUT2D eigenvalue weighted by atomic mass is 9.87. The molecule has 1 fully saturated rings. The number of halogens is 1.